The molecule has 0 saturated carbocycles. The van der Waals surface area contributed by atoms with Gasteiger partial charge < -0.3 is 4.74 Å². The third kappa shape index (κ3) is 2.61. The van der Waals surface area contributed by atoms with E-state index in [0.29, 0.717) is 11.3 Å². The van der Waals surface area contributed by atoms with E-state index in [4.69, 9.17) is 4.74 Å². The molecule has 0 amide bonds. The molecule has 21 heavy (non-hydrogen) atoms. The van der Waals surface area contributed by atoms with Crippen molar-refractivity contribution in [1.82, 2.24) is 4.98 Å². The maximum Gasteiger partial charge on any atom is 0.156 e. The van der Waals surface area contributed by atoms with Gasteiger partial charge in [-0.25, -0.2) is 0 Å². The van der Waals surface area contributed by atoms with Gasteiger partial charge in [-0.3, -0.25) is 4.98 Å². The van der Waals surface area contributed by atoms with E-state index < -0.39 is 0 Å². The predicted octanol–water partition coefficient (Wildman–Crippen LogP) is 4.97. The molecule has 0 saturated heterocycles. The molecule has 0 bridgehead atoms. The van der Waals surface area contributed by atoms with E-state index in [-0.39, 0.29) is 0 Å². The van der Waals surface area contributed by atoms with Crippen LogP contribution in [0.3, 0.4) is 0 Å². The van der Waals surface area contributed by atoms with E-state index in [0.717, 1.165) is 26.7 Å². The number of pyridine rings is 1. The molecule has 0 aliphatic heterocycles. The molecule has 3 nitrogen and oxygen atoms in total. The molecule has 0 aliphatic carbocycles. The van der Waals surface area contributed by atoms with Crippen LogP contribution >= 0.6 is 15.9 Å². The number of hydrogen-bond donors (Lipinski definition) is 0. The van der Waals surface area contributed by atoms with Crippen LogP contribution < -0.4 is 4.74 Å². The molecule has 2 aromatic carbocycles. The molecule has 0 spiro atoms. The van der Waals surface area contributed by atoms with Crippen LogP contribution in [0.4, 0.5) is 0 Å². The Balaban J connectivity index is 2.17. The zero-order valence-corrected chi connectivity index (χ0v) is 12.9. The lowest BCUT2D eigenvalue weighted by Crippen LogP contribution is -1.93. The van der Waals surface area contributed by atoms with Crippen LogP contribution in [0.1, 0.15) is 11.1 Å². The van der Waals surface area contributed by atoms with Crippen LogP contribution in [0.25, 0.3) is 10.9 Å². The fourth-order valence-electron chi connectivity index (χ4n) is 2.14. The summed E-state index contributed by atoms with van der Waals surface area (Å²) in [6.45, 7) is 1.97. The Bertz CT molecular complexity index is 868. The largest absolute Gasteiger partial charge is 0.455 e. The highest BCUT2D eigenvalue weighted by Crippen LogP contribution is 2.34. The van der Waals surface area contributed by atoms with E-state index in [2.05, 4.69) is 27.0 Å². The lowest BCUT2D eigenvalue weighted by Gasteiger charge is -2.12. The van der Waals surface area contributed by atoms with Gasteiger partial charge in [0.05, 0.1) is 5.52 Å². The molecule has 1 heterocycles. The fraction of sp³-hybridized carbons (Fsp3) is 0.0588. The topological polar surface area (TPSA) is 45.9 Å². The zero-order chi connectivity index (χ0) is 14.8. The van der Waals surface area contributed by atoms with Gasteiger partial charge in [0.2, 0.25) is 0 Å². The van der Waals surface area contributed by atoms with Crippen molar-refractivity contribution in [2.24, 2.45) is 0 Å². The second kappa shape index (κ2) is 5.55. The number of aryl methyl sites for hydroxylation is 1. The average molecular weight is 339 g/mol. The summed E-state index contributed by atoms with van der Waals surface area (Å²) in [7, 11) is 0. The van der Waals surface area contributed by atoms with Crippen molar-refractivity contribution in [3.63, 3.8) is 0 Å². The lowest BCUT2D eigenvalue weighted by atomic mass is 10.1. The molecule has 0 N–H and O–H groups in total. The molecule has 102 valence electrons. The van der Waals surface area contributed by atoms with E-state index >= 15 is 0 Å². The van der Waals surface area contributed by atoms with Gasteiger partial charge in [0.1, 0.15) is 17.4 Å². The summed E-state index contributed by atoms with van der Waals surface area (Å²) in [5.41, 5.74) is 2.23. The average Bonchev–Trinajstić information content (AvgIpc) is 2.50. The molecule has 4 heteroatoms. The van der Waals surface area contributed by atoms with Crippen molar-refractivity contribution in [2.75, 3.05) is 0 Å². The van der Waals surface area contributed by atoms with E-state index in [1.807, 2.05) is 49.4 Å². The smallest absolute Gasteiger partial charge is 0.156 e. The van der Waals surface area contributed by atoms with Gasteiger partial charge in [-0.1, -0.05) is 28.1 Å². The quantitative estimate of drug-likeness (QED) is 0.662. The first kappa shape index (κ1) is 13.6. The molecular weight excluding hydrogens is 328 g/mol. The molecule has 1 aromatic heterocycles. The van der Waals surface area contributed by atoms with Gasteiger partial charge in [0.25, 0.3) is 0 Å². The number of aromatic nitrogens is 1. The van der Waals surface area contributed by atoms with Crippen molar-refractivity contribution < 1.29 is 4.74 Å². The number of fused-ring (bicyclic) bond motifs is 1. The maximum atomic E-state index is 9.29. The van der Waals surface area contributed by atoms with Crippen LogP contribution in [0.2, 0.25) is 0 Å². The SMILES string of the molecule is Cc1cc(Br)ccc1Oc1c(C#N)cnc2ccccc12. The van der Waals surface area contributed by atoms with E-state index in [9.17, 15) is 5.26 Å². The third-order valence-electron chi connectivity index (χ3n) is 3.20. The first-order valence-corrected chi connectivity index (χ1v) is 7.20. The zero-order valence-electron chi connectivity index (χ0n) is 11.3. The van der Waals surface area contributed by atoms with E-state index in [1.54, 1.807) is 6.20 Å². The molecular formula is C17H11BrN2O. The number of ether oxygens (including phenoxy) is 1. The van der Waals surface area contributed by atoms with Crippen molar-refractivity contribution >= 4 is 26.8 Å². The van der Waals surface area contributed by atoms with E-state index in [1.165, 1.54) is 0 Å². The van der Waals surface area contributed by atoms with Crippen molar-refractivity contribution in [1.29, 1.82) is 5.26 Å². The van der Waals surface area contributed by atoms with Crippen LogP contribution in [0.15, 0.2) is 53.1 Å². The summed E-state index contributed by atoms with van der Waals surface area (Å²) in [6, 6.07) is 15.6. The van der Waals surface area contributed by atoms with Crippen molar-refractivity contribution in [3.8, 4) is 17.6 Å². The summed E-state index contributed by atoms with van der Waals surface area (Å²) >= 11 is 3.43. The minimum absolute atomic E-state index is 0.427. The lowest BCUT2D eigenvalue weighted by molar-refractivity contribution is 0.482. The molecule has 0 atom stereocenters. The summed E-state index contributed by atoms with van der Waals surface area (Å²) < 4.78 is 7.01. The third-order valence-corrected chi connectivity index (χ3v) is 3.69. The fourth-order valence-corrected chi connectivity index (χ4v) is 2.62. The highest BCUT2D eigenvalue weighted by atomic mass is 79.9. The Kier molecular flexibility index (Phi) is 3.59. The first-order valence-electron chi connectivity index (χ1n) is 6.41. The van der Waals surface area contributed by atoms with Gasteiger partial charge in [0, 0.05) is 16.1 Å². The van der Waals surface area contributed by atoms with Gasteiger partial charge >= 0.3 is 0 Å². The predicted molar refractivity (Wildman–Crippen MR) is 85.4 cm³/mol. The molecule has 0 unspecified atom stereocenters. The second-order valence-electron chi connectivity index (χ2n) is 4.64. The first-order chi connectivity index (χ1) is 10.2. The molecule has 3 aromatic rings. The monoisotopic (exact) mass is 338 g/mol. The Morgan fingerprint density at radius 3 is 2.76 bits per heavy atom. The Hall–Kier alpha value is -2.38. The Labute approximate surface area is 130 Å². The number of benzene rings is 2. The normalized spacial score (nSPS) is 10.3. The van der Waals surface area contributed by atoms with Gasteiger partial charge in [-0.05, 0) is 42.8 Å². The standard InChI is InChI=1S/C17H11BrN2O/c1-11-8-13(18)6-7-16(11)21-17-12(9-19)10-20-15-5-3-2-4-14(15)17/h2-8,10H,1H3. The molecule has 0 radical (unpaired) electrons. The molecule has 3 rings (SSSR count). The highest BCUT2D eigenvalue weighted by molar-refractivity contribution is 9.10. The number of rotatable bonds is 2. The number of nitriles is 1. The molecule has 0 fully saturated rings. The number of para-hydroxylation sites is 1. The van der Waals surface area contributed by atoms with Gasteiger partial charge in [0.15, 0.2) is 5.75 Å². The van der Waals surface area contributed by atoms with Crippen LogP contribution in [0.5, 0.6) is 11.5 Å². The summed E-state index contributed by atoms with van der Waals surface area (Å²) in [6.07, 6.45) is 1.55. The minimum Gasteiger partial charge on any atom is -0.455 e. The van der Waals surface area contributed by atoms with Gasteiger partial charge in [-0.2, -0.15) is 5.26 Å². The number of nitrogens with zero attached hydrogens (tertiary/aromatic N) is 2. The van der Waals surface area contributed by atoms with Crippen LogP contribution in [-0.2, 0) is 0 Å². The van der Waals surface area contributed by atoms with Crippen molar-refractivity contribution in [2.45, 2.75) is 6.92 Å². The van der Waals surface area contributed by atoms with Crippen LogP contribution in [0, 0.1) is 18.3 Å². The number of hydrogen-bond acceptors (Lipinski definition) is 3. The summed E-state index contributed by atoms with van der Waals surface area (Å²) in [5, 5.41) is 10.1. The van der Waals surface area contributed by atoms with Gasteiger partial charge in [-0.15, -0.1) is 0 Å². The highest BCUT2D eigenvalue weighted by Gasteiger charge is 2.12. The minimum atomic E-state index is 0.427. The molecule has 0 aliphatic rings. The number of halogens is 1. The maximum absolute atomic E-state index is 9.29. The Morgan fingerprint density at radius 2 is 2.00 bits per heavy atom. The Morgan fingerprint density at radius 1 is 1.19 bits per heavy atom. The van der Waals surface area contributed by atoms with Crippen molar-refractivity contribution in [3.05, 3.63) is 64.3 Å². The summed E-state index contributed by atoms with van der Waals surface area (Å²) in [4.78, 5) is 4.28. The summed E-state index contributed by atoms with van der Waals surface area (Å²) in [5.74, 6) is 1.28. The second-order valence-corrected chi connectivity index (χ2v) is 5.56. The van der Waals surface area contributed by atoms with Crippen LogP contribution in [-0.4, -0.2) is 4.98 Å².